The second-order valence-electron chi connectivity index (χ2n) is 9.20. The molecule has 2 fully saturated rings. The predicted octanol–water partition coefficient (Wildman–Crippen LogP) is 3.95. The Balaban J connectivity index is 1.37. The van der Waals surface area contributed by atoms with Crippen LogP contribution in [0, 0.1) is 30.1 Å². The van der Waals surface area contributed by atoms with Crippen LogP contribution in [-0.4, -0.2) is 48.1 Å². The van der Waals surface area contributed by atoms with Gasteiger partial charge in [-0.25, -0.2) is 4.98 Å². The third-order valence-electron chi connectivity index (χ3n) is 7.03. The van der Waals surface area contributed by atoms with Crippen LogP contribution < -0.4 is 16.0 Å². The highest BCUT2D eigenvalue weighted by molar-refractivity contribution is 6.18. The summed E-state index contributed by atoms with van der Waals surface area (Å²) in [4.78, 5) is 22.1. The Kier molecular flexibility index (Phi) is 5.72. The van der Waals surface area contributed by atoms with E-state index in [1.807, 2.05) is 55.5 Å². The zero-order chi connectivity index (χ0) is 24.7. The van der Waals surface area contributed by atoms with E-state index in [9.17, 15) is 9.90 Å². The predicted molar refractivity (Wildman–Crippen MR) is 139 cm³/mol. The van der Waals surface area contributed by atoms with E-state index in [0.717, 1.165) is 47.0 Å². The molecular formula is C27H28N6O2. The van der Waals surface area contributed by atoms with E-state index in [4.69, 9.17) is 11.1 Å². The van der Waals surface area contributed by atoms with Crippen molar-refractivity contribution in [3.05, 3.63) is 77.0 Å². The molecule has 8 heteroatoms. The first-order valence-corrected chi connectivity index (χ1v) is 11.6. The van der Waals surface area contributed by atoms with Crippen molar-refractivity contribution in [3.63, 3.8) is 0 Å². The molecule has 0 radical (unpaired) electrons. The highest BCUT2D eigenvalue weighted by Gasteiger charge is 2.59. The van der Waals surface area contributed by atoms with E-state index in [2.05, 4.69) is 20.2 Å². The lowest BCUT2D eigenvalue weighted by Gasteiger charge is -2.21. The topological polar surface area (TPSA) is 128 Å². The van der Waals surface area contributed by atoms with Crippen molar-refractivity contribution in [2.45, 2.75) is 6.92 Å². The number of hydrogen-bond acceptors (Lipinski definition) is 7. The second-order valence-corrected chi connectivity index (χ2v) is 9.20. The van der Waals surface area contributed by atoms with Crippen LogP contribution in [0.4, 0.5) is 22.9 Å². The van der Waals surface area contributed by atoms with Crippen molar-refractivity contribution in [2.75, 3.05) is 36.1 Å². The fraction of sp³-hybridized carbons (Fsp3) is 0.259. The third kappa shape index (κ3) is 4.12. The Morgan fingerprint density at radius 2 is 1.89 bits per heavy atom. The van der Waals surface area contributed by atoms with Crippen LogP contribution in [-0.2, 0) is 4.79 Å². The number of aliphatic imine (C=N–C) groups is 1. The van der Waals surface area contributed by atoms with Gasteiger partial charge in [0.1, 0.15) is 5.82 Å². The number of anilines is 4. The quantitative estimate of drug-likeness (QED) is 0.307. The maximum atomic E-state index is 11.2. The molecule has 1 saturated carbocycles. The number of benzene rings is 2. The molecule has 35 heavy (non-hydrogen) atoms. The molecule has 5 rings (SSSR count). The van der Waals surface area contributed by atoms with Gasteiger partial charge in [-0.3, -0.25) is 15.2 Å². The van der Waals surface area contributed by atoms with Crippen molar-refractivity contribution in [1.82, 2.24) is 4.98 Å². The molecule has 8 nitrogen and oxygen atoms in total. The van der Waals surface area contributed by atoms with Crippen LogP contribution in [0.2, 0.25) is 0 Å². The number of piperidine rings is 1. The van der Waals surface area contributed by atoms with Crippen LogP contribution in [0.25, 0.3) is 0 Å². The minimum atomic E-state index is -0.681. The fourth-order valence-electron chi connectivity index (χ4n) is 5.13. The minimum Gasteiger partial charge on any atom is -0.481 e. The average molecular weight is 469 g/mol. The third-order valence-corrected chi connectivity index (χ3v) is 7.03. The number of carboxylic acid groups (broad SMARTS) is 1. The summed E-state index contributed by atoms with van der Waals surface area (Å²) >= 11 is 0. The number of nitrogens with zero attached hydrogens (tertiary/aromatic N) is 3. The monoisotopic (exact) mass is 468 g/mol. The van der Waals surface area contributed by atoms with Gasteiger partial charge in [0.15, 0.2) is 0 Å². The van der Waals surface area contributed by atoms with Crippen molar-refractivity contribution in [1.29, 1.82) is 5.41 Å². The van der Waals surface area contributed by atoms with Gasteiger partial charge in [0.25, 0.3) is 0 Å². The lowest BCUT2D eigenvalue weighted by atomic mass is 9.94. The highest BCUT2D eigenvalue weighted by atomic mass is 16.4. The number of carbonyl (C=O) groups is 1. The molecule has 1 aliphatic heterocycles. The van der Waals surface area contributed by atoms with Crippen LogP contribution in [0.15, 0.2) is 59.7 Å². The van der Waals surface area contributed by atoms with E-state index in [1.54, 1.807) is 19.5 Å². The van der Waals surface area contributed by atoms with Gasteiger partial charge in [-0.2, -0.15) is 0 Å². The minimum absolute atomic E-state index is 0.189. The van der Waals surface area contributed by atoms with Crippen LogP contribution in [0.1, 0.15) is 22.3 Å². The number of aromatic nitrogens is 1. The fourth-order valence-corrected chi connectivity index (χ4v) is 5.13. The number of rotatable bonds is 7. The Bertz CT molecular complexity index is 1320. The number of carboxylic acids is 1. The molecule has 1 aromatic heterocycles. The second kappa shape index (κ2) is 8.87. The zero-order valence-electron chi connectivity index (χ0n) is 19.7. The lowest BCUT2D eigenvalue weighted by Crippen LogP contribution is -2.26. The number of aliphatic carboxylic acids is 1. The molecule has 1 saturated heterocycles. The number of aryl methyl sites for hydroxylation is 1. The highest BCUT2D eigenvalue weighted by Crippen LogP contribution is 2.52. The maximum Gasteiger partial charge on any atom is 0.307 e. The van der Waals surface area contributed by atoms with Crippen LogP contribution in [0.3, 0.4) is 0 Å². The Hall–Kier alpha value is -4.20. The van der Waals surface area contributed by atoms with Gasteiger partial charge in [0, 0.05) is 48.7 Å². The first-order valence-electron chi connectivity index (χ1n) is 11.6. The van der Waals surface area contributed by atoms with Crippen molar-refractivity contribution in [2.24, 2.45) is 22.7 Å². The van der Waals surface area contributed by atoms with E-state index in [0.29, 0.717) is 17.0 Å². The summed E-state index contributed by atoms with van der Waals surface area (Å²) in [6.07, 6.45) is 3.47. The number of pyridine rings is 1. The molecule has 2 unspecified atom stereocenters. The summed E-state index contributed by atoms with van der Waals surface area (Å²) < 4.78 is 0. The molecule has 2 aromatic carbocycles. The van der Waals surface area contributed by atoms with E-state index in [1.165, 1.54) is 0 Å². The van der Waals surface area contributed by atoms with Gasteiger partial charge in [-0.15, -0.1) is 0 Å². The molecule has 1 aliphatic carbocycles. The molecule has 2 heterocycles. The molecule has 5 N–H and O–H groups in total. The maximum absolute atomic E-state index is 11.2. The summed E-state index contributed by atoms with van der Waals surface area (Å²) in [7, 11) is 1.69. The Morgan fingerprint density at radius 3 is 2.54 bits per heavy atom. The SMILES string of the molecule is CN=Cc1c(N)cccc1C(=N)c1cccc(C)c1Nc1ccc(N2CC3C(C2)C3C(=O)O)nc1. The Morgan fingerprint density at radius 1 is 1.17 bits per heavy atom. The zero-order valence-corrected chi connectivity index (χ0v) is 19.7. The van der Waals surface area contributed by atoms with Gasteiger partial charge in [0.05, 0.1) is 29.2 Å². The standard InChI is InChI=1S/C27H28N6O2/c1-15-5-3-7-18(25(29)17-6-4-8-22(28)19(17)12-30-2)26(15)32-16-9-10-23(31-11-16)33-13-20-21(14-33)24(20)27(34)35/h3-12,20-21,24,29,32H,13-14,28H2,1-2H3,(H,34,35). The molecule has 3 aromatic rings. The van der Waals surface area contributed by atoms with Crippen molar-refractivity contribution in [3.8, 4) is 0 Å². The summed E-state index contributed by atoms with van der Waals surface area (Å²) in [5, 5.41) is 21.7. The molecule has 2 atom stereocenters. The normalized spacial score (nSPS) is 20.6. The first-order chi connectivity index (χ1) is 16.9. The van der Waals surface area contributed by atoms with Gasteiger partial charge in [-0.05, 0) is 42.5 Å². The molecule has 2 aliphatic rings. The molecular weight excluding hydrogens is 440 g/mol. The summed E-state index contributed by atoms with van der Waals surface area (Å²) in [6.45, 7) is 3.48. The van der Waals surface area contributed by atoms with Crippen LogP contribution >= 0.6 is 0 Å². The molecule has 0 bridgehead atoms. The number of nitrogen functional groups attached to an aromatic ring is 1. The summed E-state index contributed by atoms with van der Waals surface area (Å²) in [6, 6.07) is 15.3. The van der Waals surface area contributed by atoms with Crippen molar-refractivity contribution >= 4 is 40.8 Å². The van der Waals surface area contributed by atoms with Gasteiger partial charge in [0.2, 0.25) is 0 Å². The molecule has 0 amide bonds. The molecule has 178 valence electrons. The van der Waals surface area contributed by atoms with Crippen LogP contribution in [0.5, 0.6) is 0 Å². The van der Waals surface area contributed by atoms with E-state index >= 15 is 0 Å². The Labute approximate surface area is 204 Å². The summed E-state index contributed by atoms with van der Waals surface area (Å²) in [5.41, 5.74) is 11.9. The number of hydrogen-bond donors (Lipinski definition) is 4. The van der Waals surface area contributed by atoms with Gasteiger partial charge < -0.3 is 21.1 Å². The van der Waals surface area contributed by atoms with Gasteiger partial charge in [-0.1, -0.05) is 30.3 Å². The summed E-state index contributed by atoms with van der Waals surface area (Å²) in [5.74, 6) is 0.461. The smallest absolute Gasteiger partial charge is 0.307 e. The van der Waals surface area contributed by atoms with Gasteiger partial charge >= 0.3 is 5.97 Å². The lowest BCUT2D eigenvalue weighted by molar-refractivity contribution is -0.139. The largest absolute Gasteiger partial charge is 0.481 e. The van der Waals surface area contributed by atoms with E-state index < -0.39 is 5.97 Å². The van der Waals surface area contributed by atoms with E-state index in [-0.39, 0.29) is 17.8 Å². The van der Waals surface area contributed by atoms with Crippen molar-refractivity contribution < 1.29 is 9.90 Å². The first kappa shape index (κ1) is 22.6. The molecule has 0 spiro atoms. The number of nitrogens with two attached hydrogens (primary N) is 1. The average Bonchev–Trinajstić information content (AvgIpc) is 3.36. The number of nitrogens with one attached hydrogen (secondary N) is 2. The number of fused-ring (bicyclic) bond motifs is 1. The number of para-hydroxylation sites is 1.